The molecule has 12 nitrogen and oxygen atoms in total. The lowest BCUT2D eigenvalue weighted by Crippen LogP contribution is -2.49. The molecule has 14 heteroatoms. The maximum Gasteiger partial charge on any atom is 0.414 e. The first-order valence-electron chi connectivity index (χ1n) is 13.1. The number of benzene rings is 2. The van der Waals surface area contributed by atoms with Crippen LogP contribution in [0.4, 0.5) is 29.7 Å². The van der Waals surface area contributed by atoms with Gasteiger partial charge in [-0.3, -0.25) is 19.4 Å². The van der Waals surface area contributed by atoms with E-state index in [1.54, 1.807) is 0 Å². The fourth-order valence-corrected chi connectivity index (χ4v) is 4.78. The Morgan fingerprint density at radius 1 is 0.902 bits per heavy atom. The van der Waals surface area contributed by atoms with Crippen LogP contribution in [0, 0.1) is 11.6 Å². The molecule has 3 aliphatic rings. The van der Waals surface area contributed by atoms with Gasteiger partial charge < -0.3 is 30.2 Å². The smallest absolute Gasteiger partial charge is 0.414 e. The quantitative estimate of drug-likeness (QED) is 0.432. The van der Waals surface area contributed by atoms with Gasteiger partial charge in [0, 0.05) is 31.1 Å². The van der Waals surface area contributed by atoms with Gasteiger partial charge in [0.1, 0.15) is 29.9 Å². The van der Waals surface area contributed by atoms with Gasteiger partial charge in [0.05, 0.1) is 44.2 Å². The molecule has 3 N–H and O–H groups in total. The van der Waals surface area contributed by atoms with E-state index in [0.29, 0.717) is 19.7 Å². The molecule has 41 heavy (non-hydrogen) atoms. The Balaban J connectivity index is 1.22. The fourth-order valence-electron chi connectivity index (χ4n) is 4.78. The Bertz CT molecular complexity index is 1350. The number of amides is 4. The number of carbonyl (C=O) groups is 4. The summed E-state index contributed by atoms with van der Waals surface area (Å²) in [5.41, 5.74) is 0.363. The number of hydrogen-bond donors (Lipinski definition) is 3. The first kappa shape index (κ1) is 28.2. The van der Waals surface area contributed by atoms with Crippen molar-refractivity contribution in [3.63, 3.8) is 0 Å². The summed E-state index contributed by atoms with van der Waals surface area (Å²) < 4.78 is 46.2. The Morgan fingerprint density at radius 2 is 1.44 bits per heavy atom. The summed E-state index contributed by atoms with van der Waals surface area (Å²) in [5.74, 6) is -2.12. The van der Waals surface area contributed by atoms with E-state index in [1.165, 1.54) is 41.0 Å². The Labute approximate surface area is 233 Å². The van der Waals surface area contributed by atoms with Crippen molar-refractivity contribution < 1.29 is 42.2 Å². The molecule has 0 aliphatic carbocycles. The van der Waals surface area contributed by atoms with Crippen LogP contribution in [0.2, 0.25) is 0 Å². The van der Waals surface area contributed by atoms with Crippen LogP contribution in [-0.4, -0.2) is 88.2 Å². The van der Waals surface area contributed by atoms with Gasteiger partial charge >= 0.3 is 12.2 Å². The lowest BCUT2D eigenvalue weighted by Gasteiger charge is -2.23. The monoisotopic (exact) mass is 573 g/mol. The van der Waals surface area contributed by atoms with Crippen molar-refractivity contribution in [2.45, 2.75) is 25.2 Å². The number of rotatable bonds is 8. The molecule has 3 fully saturated rings. The molecule has 2 aromatic carbocycles. The van der Waals surface area contributed by atoms with Crippen molar-refractivity contribution in [1.29, 1.82) is 0 Å². The third kappa shape index (κ3) is 6.38. The normalized spacial score (nSPS) is 22.4. The van der Waals surface area contributed by atoms with E-state index < -0.39 is 42.1 Å². The molecule has 0 radical (unpaired) electrons. The average molecular weight is 574 g/mol. The molecule has 0 spiro atoms. The van der Waals surface area contributed by atoms with Gasteiger partial charge in [-0.15, -0.1) is 0 Å². The van der Waals surface area contributed by atoms with E-state index in [2.05, 4.69) is 16.0 Å². The highest BCUT2D eigenvalue weighted by molar-refractivity contribution is 5.91. The number of anilines is 2. The number of nitrogens with one attached hydrogen (secondary N) is 3. The number of halogens is 2. The summed E-state index contributed by atoms with van der Waals surface area (Å²) in [6.07, 6.45) is -3.24. The number of hydrogen-bond acceptors (Lipinski definition) is 8. The van der Waals surface area contributed by atoms with E-state index in [1.807, 2.05) is 0 Å². The Hall–Kier alpha value is -4.30. The molecule has 2 aromatic rings. The molecule has 1 unspecified atom stereocenters. The van der Waals surface area contributed by atoms with Gasteiger partial charge in [-0.1, -0.05) is 0 Å². The maximum atomic E-state index is 15.2. The summed E-state index contributed by atoms with van der Waals surface area (Å²) in [4.78, 5) is 50.5. The van der Waals surface area contributed by atoms with Gasteiger partial charge in [0.25, 0.3) is 5.91 Å². The van der Waals surface area contributed by atoms with Crippen LogP contribution in [0.5, 0.6) is 0 Å². The summed E-state index contributed by atoms with van der Waals surface area (Å²) in [6, 6.07) is 7.86. The third-order valence-electron chi connectivity index (χ3n) is 6.87. The van der Waals surface area contributed by atoms with Gasteiger partial charge in [-0.05, 0) is 36.4 Å². The number of nitrogens with zero attached hydrogens (tertiary/aromatic N) is 2. The summed E-state index contributed by atoms with van der Waals surface area (Å²) in [7, 11) is 0. The number of cyclic esters (lactones) is 2. The van der Waals surface area contributed by atoms with Crippen molar-refractivity contribution in [3.05, 3.63) is 48.0 Å². The summed E-state index contributed by atoms with van der Waals surface area (Å²) >= 11 is 0. The molecule has 3 atom stereocenters. The van der Waals surface area contributed by atoms with Gasteiger partial charge in [-0.2, -0.15) is 0 Å². The summed E-state index contributed by atoms with van der Waals surface area (Å²) in [5, 5.41) is 8.33. The molecule has 218 valence electrons. The SMILES string of the molecule is CC(=O)NC[C@H]1CN(c2ccc(-c3ccc(N4C[C@H](CNC(=O)C5CNCCO5)OC4=O)cc3F)c(F)c2)C(=O)O1. The minimum atomic E-state index is -0.767. The minimum Gasteiger partial charge on any atom is -0.442 e. The fraction of sp³-hybridized carbons (Fsp3) is 0.407. The molecule has 4 amide bonds. The highest BCUT2D eigenvalue weighted by atomic mass is 19.1. The van der Waals surface area contributed by atoms with Crippen molar-refractivity contribution in [3.8, 4) is 11.1 Å². The first-order chi connectivity index (χ1) is 19.7. The molecule has 0 bridgehead atoms. The van der Waals surface area contributed by atoms with Crippen LogP contribution >= 0.6 is 0 Å². The topological polar surface area (TPSA) is 139 Å². The zero-order valence-electron chi connectivity index (χ0n) is 22.2. The molecule has 0 saturated carbocycles. The Kier molecular flexibility index (Phi) is 8.31. The number of ether oxygens (including phenoxy) is 3. The van der Waals surface area contributed by atoms with Crippen LogP contribution in [-0.2, 0) is 23.8 Å². The zero-order valence-corrected chi connectivity index (χ0v) is 22.2. The second-order valence-corrected chi connectivity index (χ2v) is 9.81. The van der Waals surface area contributed by atoms with Gasteiger partial charge in [-0.25, -0.2) is 18.4 Å². The lowest BCUT2D eigenvalue weighted by atomic mass is 10.0. The van der Waals surface area contributed by atoms with Crippen LogP contribution in [0.3, 0.4) is 0 Å². The zero-order chi connectivity index (χ0) is 29.1. The molecular weight excluding hydrogens is 544 g/mol. The largest absolute Gasteiger partial charge is 0.442 e. The van der Waals surface area contributed by atoms with E-state index in [0.717, 1.165) is 12.1 Å². The predicted molar refractivity (Wildman–Crippen MR) is 141 cm³/mol. The molecule has 3 heterocycles. The molecule has 0 aromatic heterocycles. The van der Waals surface area contributed by atoms with E-state index >= 15 is 8.78 Å². The molecule has 5 rings (SSSR count). The van der Waals surface area contributed by atoms with Crippen LogP contribution < -0.4 is 25.8 Å². The number of carbonyl (C=O) groups excluding carboxylic acids is 4. The van der Waals surface area contributed by atoms with E-state index in [9.17, 15) is 19.2 Å². The van der Waals surface area contributed by atoms with Crippen LogP contribution in [0.1, 0.15) is 6.92 Å². The van der Waals surface area contributed by atoms with Gasteiger partial charge in [0.2, 0.25) is 5.91 Å². The minimum absolute atomic E-state index is 0.0378. The van der Waals surface area contributed by atoms with Crippen LogP contribution in [0.15, 0.2) is 36.4 Å². The highest BCUT2D eigenvalue weighted by Crippen LogP contribution is 2.33. The summed E-state index contributed by atoms with van der Waals surface area (Å²) in [6.45, 7) is 3.22. The van der Waals surface area contributed by atoms with E-state index in [4.69, 9.17) is 14.2 Å². The highest BCUT2D eigenvalue weighted by Gasteiger charge is 2.35. The molecule has 3 aliphatic heterocycles. The average Bonchev–Trinajstić information content (AvgIpc) is 3.52. The lowest BCUT2D eigenvalue weighted by molar-refractivity contribution is -0.134. The third-order valence-corrected chi connectivity index (χ3v) is 6.87. The molecular formula is C27H29F2N5O7. The Morgan fingerprint density at radius 3 is 1.90 bits per heavy atom. The van der Waals surface area contributed by atoms with Crippen molar-refractivity contribution >= 4 is 35.4 Å². The van der Waals surface area contributed by atoms with Crippen molar-refractivity contribution in [1.82, 2.24) is 16.0 Å². The first-order valence-corrected chi connectivity index (χ1v) is 13.1. The second kappa shape index (κ2) is 12.1. The number of morpholine rings is 1. The van der Waals surface area contributed by atoms with Crippen molar-refractivity contribution in [2.24, 2.45) is 0 Å². The maximum absolute atomic E-state index is 15.2. The van der Waals surface area contributed by atoms with Crippen LogP contribution in [0.25, 0.3) is 11.1 Å². The predicted octanol–water partition coefficient (Wildman–Crippen LogP) is 1.52. The molecule has 3 saturated heterocycles. The van der Waals surface area contributed by atoms with Crippen molar-refractivity contribution in [2.75, 3.05) is 55.7 Å². The standard InChI is InChI=1S/C27H29F2N5O7/c1-15(35)31-10-18-13-33(26(37)40-18)16-2-4-20(22(28)8-16)21-5-3-17(9-23(21)29)34-14-19(41-27(34)38)11-32-25(36)24-12-30-6-7-39-24/h2-5,8-9,18-19,24,30H,6-7,10-14H2,1H3,(H,31,35)(H,32,36)/t18-,19-,24?/m0/s1. The van der Waals surface area contributed by atoms with Gasteiger partial charge in [0.15, 0.2) is 0 Å². The second-order valence-electron chi connectivity index (χ2n) is 9.81. The van der Waals surface area contributed by atoms with E-state index in [-0.39, 0.29) is 60.5 Å².